The van der Waals surface area contributed by atoms with Crippen molar-refractivity contribution in [2.45, 2.75) is 44.2 Å². The molecule has 1 aliphatic carbocycles. The van der Waals surface area contributed by atoms with Crippen molar-refractivity contribution in [3.8, 4) is 5.75 Å². The molecule has 0 spiro atoms. The molecule has 0 unspecified atom stereocenters. The second-order valence-corrected chi connectivity index (χ2v) is 6.79. The van der Waals surface area contributed by atoms with E-state index in [2.05, 4.69) is 5.32 Å². The standard InChI is InChI=1S/C21H26N2O2.ClH/c22-21(13-4-5-14-21)20(24)23-15-12-17-8-10-19(11-9-17)25-16-18-6-2-1-3-7-18;/h1-3,6-11H,4-5,12-16,22H2,(H,23,24);1H. The van der Waals surface area contributed by atoms with Crippen molar-refractivity contribution in [3.05, 3.63) is 65.7 Å². The van der Waals surface area contributed by atoms with Gasteiger partial charge >= 0.3 is 0 Å². The maximum Gasteiger partial charge on any atom is 0.240 e. The summed E-state index contributed by atoms with van der Waals surface area (Å²) in [6.45, 7) is 1.18. The third kappa shape index (κ3) is 5.48. The van der Waals surface area contributed by atoms with Gasteiger partial charge in [-0.05, 0) is 42.5 Å². The number of rotatable bonds is 7. The molecule has 3 rings (SSSR count). The Morgan fingerprint density at radius 3 is 2.31 bits per heavy atom. The molecule has 4 nitrogen and oxygen atoms in total. The average Bonchev–Trinajstić information content (AvgIpc) is 3.10. The van der Waals surface area contributed by atoms with Crippen LogP contribution in [0.15, 0.2) is 54.6 Å². The third-order valence-corrected chi connectivity index (χ3v) is 4.82. The van der Waals surface area contributed by atoms with Gasteiger partial charge < -0.3 is 15.8 Å². The Morgan fingerprint density at radius 2 is 1.65 bits per heavy atom. The van der Waals surface area contributed by atoms with Gasteiger partial charge in [-0.1, -0.05) is 55.3 Å². The Bertz CT molecular complexity index is 683. The number of nitrogens with two attached hydrogens (primary N) is 1. The van der Waals surface area contributed by atoms with E-state index in [-0.39, 0.29) is 18.3 Å². The molecule has 1 amide bonds. The molecule has 3 N–H and O–H groups in total. The highest BCUT2D eigenvalue weighted by Crippen LogP contribution is 2.27. The van der Waals surface area contributed by atoms with E-state index in [0.717, 1.165) is 43.4 Å². The fraction of sp³-hybridized carbons (Fsp3) is 0.381. The zero-order valence-corrected chi connectivity index (χ0v) is 15.8. The molecule has 1 saturated carbocycles. The number of ether oxygens (including phenoxy) is 1. The number of benzene rings is 2. The number of carbonyl (C=O) groups excluding carboxylic acids is 1. The predicted octanol–water partition coefficient (Wildman–Crippen LogP) is 3.62. The Morgan fingerprint density at radius 1 is 1.00 bits per heavy atom. The van der Waals surface area contributed by atoms with Crippen LogP contribution < -0.4 is 15.8 Å². The lowest BCUT2D eigenvalue weighted by Gasteiger charge is -2.22. The van der Waals surface area contributed by atoms with Crippen molar-refractivity contribution < 1.29 is 9.53 Å². The van der Waals surface area contributed by atoms with Crippen molar-refractivity contribution >= 4 is 18.3 Å². The molecular weight excluding hydrogens is 348 g/mol. The minimum absolute atomic E-state index is 0. The van der Waals surface area contributed by atoms with Crippen LogP contribution >= 0.6 is 12.4 Å². The van der Waals surface area contributed by atoms with Gasteiger partial charge in [-0.25, -0.2) is 0 Å². The minimum atomic E-state index is -0.644. The molecule has 0 aromatic heterocycles. The third-order valence-electron chi connectivity index (χ3n) is 4.82. The number of carbonyl (C=O) groups is 1. The number of halogens is 1. The smallest absolute Gasteiger partial charge is 0.240 e. The highest BCUT2D eigenvalue weighted by Gasteiger charge is 2.36. The maximum absolute atomic E-state index is 12.2. The molecule has 5 heteroatoms. The van der Waals surface area contributed by atoms with Gasteiger partial charge in [0.2, 0.25) is 5.91 Å². The van der Waals surface area contributed by atoms with Crippen molar-refractivity contribution in [2.24, 2.45) is 5.73 Å². The second kappa shape index (κ2) is 9.60. The van der Waals surface area contributed by atoms with Gasteiger partial charge in [0, 0.05) is 6.54 Å². The summed E-state index contributed by atoms with van der Waals surface area (Å²) in [6.07, 6.45) is 4.49. The minimum Gasteiger partial charge on any atom is -0.489 e. The van der Waals surface area contributed by atoms with Crippen LogP contribution in [-0.2, 0) is 17.8 Å². The maximum atomic E-state index is 12.2. The first-order valence-electron chi connectivity index (χ1n) is 8.99. The van der Waals surface area contributed by atoms with Crippen molar-refractivity contribution in [3.63, 3.8) is 0 Å². The van der Waals surface area contributed by atoms with E-state index in [1.165, 1.54) is 5.56 Å². The fourth-order valence-electron chi connectivity index (χ4n) is 3.22. The molecule has 0 bridgehead atoms. The van der Waals surface area contributed by atoms with Crippen molar-refractivity contribution in [1.82, 2.24) is 5.32 Å². The van der Waals surface area contributed by atoms with Gasteiger partial charge in [0.15, 0.2) is 0 Å². The normalized spacial score (nSPS) is 15.1. The van der Waals surface area contributed by atoms with E-state index in [9.17, 15) is 4.79 Å². The van der Waals surface area contributed by atoms with Crippen LogP contribution in [0.1, 0.15) is 36.8 Å². The molecule has 0 heterocycles. The highest BCUT2D eigenvalue weighted by molar-refractivity contribution is 5.86. The molecule has 0 aliphatic heterocycles. The summed E-state index contributed by atoms with van der Waals surface area (Å²) in [5, 5.41) is 2.98. The second-order valence-electron chi connectivity index (χ2n) is 6.79. The van der Waals surface area contributed by atoms with Gasteiger partial charge in [0.1, 0.15) is 12.4 Å². The van der Waals surface area contributed by atoms with Crippen molar-refractivity contribution in [2.75, 3.05) is 6.54 Å². The van der Waals surface area contributed by atoms with Crippen LogP contribution in [0.5, 0.6) is 5.75 Å². The lowest BCUT2D eigenvalue weighted by Crippen LogP contribution is -2.52. The summed E-state index contributed by atoms with van der Waals surface area (Å²) in [7, 11) is 0. The SMILES string of the molecule is Cl.NC1(C(=O)NCCc2ccc(OCc3ccccc3)cc2)CCCC1. The first-order chi connectivity index (χ1) is 12.2. The van der Waals surface area contributed by atoms with Crippen LogP contribution in [0.2, 0.25) is 0 Å². The van der Waals surface area contributed by atoms with Crippen LogP contribution in [0.3, 0.4) is 0 Å². The van der Waals surface area contributed by atoms with E-state index in [0.29, 0.717) is 13.2 Å². The van der Waals surface area contributed by atoms with Crippen molar-refractivity contribution in [1.29, 1.82) is 0 Å². The van der Waals surface area contributed by atoms with Gasteiger partial charge in [-0.15, -0.1) is 12.4 Å². The zero-order valence-electron chi connectivity index (χ0n) is 14.9. The van der Waals surface area contributed by atoms with Crippen LogP contribution in [0.25, 0.3) is 0 Å². The number of hydrogen-bond donors (Lipinski definition) is 2. The Hall–Kier alpha value is -2.04. The monoisotopic (exact) mass is 374 g/mol. The Labute approximate surface area is 161 Å². The highest BCUT2D eigenvalue weighted by atomic mass is 35.5. The topological polar surface area (TPSA) is 64.4 Å². The summed E-state index contributed by atoms with van der Waals surface area (Å²) in [5.74, 6) is 0.844. The molecule has 0 saturated heterocycles. The molecule has 2 aromatic carbocycles. The summed E-state index contributed by atoms with van der Waals surface area (Å²) in [6, 6.07) is 18.1. The molecule has 0 atom stereocenters. The Balaban J connectivity index is 0.00000243. The summed E-state index contributed by atoms with van der Waals surface area (Å²) in [4.78, 5) is 12.2. The van der Waals surface area contributed by atoms with E-state index in [4.69, 9.17) is 10.5 Å². The lowest BCUT2D eigenvalue weighted by molar-refractivity contribution is -0.126. The van der Waals surface area contributed by atoms with Crippen LogP contribution in [-0.4, -0.2) is 18.0 Å². The fourth-order valence-corrected chi connectivity index (χ4v) is 3.22. The largest absolute Gasteiger partial charge is 0.489 e. The first-order valence-corrected chi connectivity index (χ1v) is 8.99. The quantitative estimate of drug-likeness (QED) is 0.778. The van der Waals surface area contributed by atoms with Gasteiger partial charge in [0.25, 0.3) is 0 Å². The van der Waals surface area contributed by atoms with E-state index < -0.39 is 5.54 Å². The van der Waals surface area contributed by atoms with Crippen LogP contribution in [0, 0.1) is 0 Å². The van der Waals surface area contributed by atoms with Crippen LogP contribution in [0.4, 0.5) is 0 Å². The summed E-state index contributed by atoms with van der Waals surface area (Å²) >= 11 is 0. The molecule has 2 aromatic rings. The summed E-state index contributed by atoms with van der Waals surface area (Å²) < 4.78 is 5.78. The van der Waals surface area contributed by atoms with E-state index in [1.54, 1.807) is 0 Å². The molecule has 140 valence electrons. The van der Waals surface area contributed by atoms with Gasteiger partial charge in [-0.3, -0.25) is 4.79 Å². The first kappa shape index (κ1) is 20.3. The number of nitrogens with one attached hydrogen (secondary N) is 1. The number of amides is 1. The average molecular weight is 375 g/mol. The molecular formula is C21H27ClN2O2. The molecule has 1 fully saturated rings. The summed E-state index contributed by atoms with van der Waals surface area (Å²) in [5.41, 5.74) is 7.83. The molecule has 26 heavy (non-hydrogen) atoms. The van der Waals surface area contributed by atoms with Gasteiger partial charge in [-0.2, -0.15) is 0 Å². The van der Waals surface area contributed by atoms with E-state index in [1.807, 2.05) is 54.6 Å². The van der Waals surface area contributed by atoms with Gasteiger partial charge in [0.05, 0.1) is 5.54 Å². The molecule has 0 radical (unpaired) electrons. The molecule has 1 aliphatic rings. The van der Waals surface area contributed by atoms with E-state index >= 15 is 0 Å². The predicted molar refractivity (Wildman–Crippen MR) is 107 cm³/mol. The number of hydrogen-bond acceptors (Lipinski definition) is 3. The Kier molecular flexibility index (Phi) is 7.49. The lowest BCUT2D eigenvalue weighted by atomic mass is 9.98. The zero-order chi connectivity index (χ0) is 17.5.